The summed E-state index contributed by atoms with van der Waals surface area (Å²) in [6.45, 7) is 0.725. The van der Waals surface area contributed by atoms with Crippen LogP contribution in [0, 0.1) is 0 Å². The Balaban J connectivity index is 1.69. The molecule has 0 atom stereocenters. The zero-order valence-corrected chi connectivity index (χ0v) is 14.8. The van der Waals surface area contributed by atoms with E-state index in [0.29, 0.717) is 23.2 Å². The number of rotatable bonds is 7. The molecular formula is C18H22N2O3S. The van der Waals surface area contributed by atoms with Crippen molar-refractivity contribution < 1.29 is 14.3 Å². The Hall–Kier alpha value is -2.21. The highest BCUT2D eigenvalue weighted by molar-refractivity contribution is 7.09. The third kappa shape index (κ3) is 3.82. The highest BCUT2D eigenvalue weighted by Crippen LogP contribution is 2.35. The number of benzene rings is 1. The second kappa shape index (κ2) is 7.57. The van der Waals surface area contributed by atoms with Gasteiger partial charge in [-0.2, -0.15) is 0 Å². The Bertz CT molecular complexity index is 684. The largest absolute Gasteiger partial charge is 0.493 e. The molecule has 1 heterocycles. The number of amides is 2. The van der Waals surface area contributed by atoms with Gasteiger partial charge in [0.1, 0.15) is 0 Å². The van der Waals surface area contributed by atoms with Crippen LogP contribution in [-0.2, 0) is 6.42 Å². The first kappa shape index (κ1) is 16.6. The number of nitrogens with zero attached hydrogens (tertiary/aromatic N) is 1. The summed E-state index contributed by atoms with van der Waals surface area (Å²) < 4.78 is 10.7. The lowest BCUT2D eigenvalue weighted by atomic mass is 10.2. The predicted molar refractivity (Wildman–Crippen MR) is 96.3 cm³/mol. The van der Waals surface area contributed by atoms with E-state index in [4.69, 9.17) is 9.47 Å². The topological polar surface area (TPSA) is 50.8 Å². The van der Waals surface area contributed by atoms with Gasteiger partial charge in [-0.1, -0.05) is 12.1 Å². The van der Waals surface area contributed by atoms with Crippen LogP contribution in [-0.4, -0.2) is 37.7 Å². The molecule has 1 aromatic heterocycles. The van der Waals surface area contributed by atoms with Crippen molar-refractivity contribution in [1.82, 2.24) is 4.90 Å². The zero-order valence-electron chi connectivity index (χ0n) is 14.0. The number of hydrogen-bond acceptors (Lipinski definition) is 4. The van der Waals surface area contributed by atoms with Crippen LogP contribution >= 0.6 is 11.3 Å². The molecule has 1 aromatic carbocycles. The van der Waals surface area contributed by atoms with Gasteiger partial charge in [-0.3, -0.25) is 0 Å². The van der Waals surface area contributed by atoms with E-state index in [1.807, 2.05) is 29.2 Å². The molecule has 128 valence electrons. The van der Waals surface area contributed by atoms with Gasteiger partial charge in [-0.15, -0.1) is 11.3 Å². The van der Waals surface area contributed by atoms with Crippen molar-refractivity contribution in [1.29, 1.82) is 0 Å². The number of carbonyl (C=O) groups excluding carboxylic acids is 1. The van der Waals surface area contributed by atoms with Crippen molar-refractivity contribution in [2.45, 2.75) is 25.3 Å². The lowest BCUT2D eigenvalue weighted by Crippen LogP contribution is -2.38. The van der Waals surface area contributed by atoms with Gasteiger partial charge in [0.2, 0.25) is 0 Å². The van der Waals surface area contributed by atoms with E-state index in [1.54, 1.807) is 25.6 Å². The van der Waals surface area contributed by atoms with Gasteiger partial charge in [-0.25, -0.2) is 4.79 Å². The molecular weight excluding hydrogens is 324 g/mol. The SMILES string of the molecule is COc1cccc(NC(=O)N(CCc2cccs2)C2CC2)c1OC. The Labute approximate surface area is 146 Å². The minimum Gasteiger partial charge on any atom is -0.493 e. The molecule has 0 unspecified atom stereocenters. The quantitative estimate of drug-likeness (QED) is 0.824. The number of anilines is 1. The normalized spacial score (nSPS) is 13.4. The summed E-state index contributed by atoms with van der Waals surface area (Å²) in [5, 5.41) is 5.04. The number of methoxy groups -OCH3 is 2. The molecule has 0 radical (unpaired) electrons. The standard InChI is InChI=1S/C18H22N2O3S/c1-22-16-7-3-6-15(17(16)23-2)19-18(21)20(13-8-9-13)11-10-14-5-4-12-24-14/h3-7,12-13H,8-11H2,1-2H3,(H,19,21). The molecule has 0 aliphatic heterocycles. The third-order valence-corrected chi connectivity index (χ3v) is 5.01. The molecule has 5 nitrogen and oxygen atoms in total. The van der Waals surface area contributed by atoms with Crippen LogP contribution in [0.25, 0.3) is 0 Å². The summed E-state index contributed by atoms with van der Waals surface area (Å²) in [7, 11) is 3.16. The molecule has 0 bridgehead atoms. The van der Waals surface area contributed by atoms with E-state index < -0.39 is 0 Å². The summed E-state index contributed by atoms with van der Waals surface area (Å²) in [5.74, 6) is 1.15. The molecule has 1 aliphatic carbocycles. The Morgan fingerprint density at radius 3 is 2.71 bits per heavy atom. The number of urea groups is 1. The number of nitrogens with one attached hydrogen (secondary N) is 1. The lowest BCUT2D eigenvalue weighted by molar-refractivity contribution is 0.209. The smallest absolute Gasteiger partial charge is 0.322 e. The van der Waals surface area contributed by atoms with E-state index in [1.165, 1.54) is 4.88 Å². The van der Waals surface area contributed by atoms with Crippen LogP contribution in [0.2, 0.25) is 0 Å². The van der Waals surface area contributed by atoms with Crippen LogP contribution in [0.15, 0.2) is 35.7 Å². The second-order valence-electron chi connectivity index (χ2n) is 5.73. The highest BCUT2D eigenvalue weighted by atomic mass is 32.1. The molecule has 24 heavy (non-hydrogen) atoms. The lowest BCUT2D eigenvalue weighted by Gasteiger charge is -2.23. The first-order chi connectivity index (χ1) is 11.7. The first-order valence-corrected chi connectivity index (χ1v) is 8.92. The average Bonchev–Trinajstić information content (AvgIpc) is 3.29. The Kier molecular flexibility index (Phi) is 5.25. The summed E-state index contributed by atoms with van der Waals surface area (Å²) in [4.78, 5) is 16.0. The van der Waals surface area contributed by atoms with Crippen molar-refractivity contribution in [3.8, 4) is 11.5 Å². The molecule has 1 aliphatic rings. The van der Waals surface area contributed by atoms with E-state index in [2.05, 4.69) is 16.8 Å². The van der Waals surface area contributed by atoms with Crippen LogP contribution in [0.4, 0.5) is 10.5 Å². The molecule has 2 amide bonds. The summed E-state index contributed by atoms with van der Waals surface area (Å²) >= 11 is 1.73. The molecule has 6 heteroatoms. The molecule has 1 fully saturated rings. The molecule has 0 saturated heterocycles. The minimum absolute atomic E-state index is 0.0828. The van der Waals surface area contributed by atoms with Crippen molar-refractivity contribution >= 4 is 23.1 Å². The maximum absolute atomic E-state index is 12.7. The number of thiophene rings is 1. The fraction of sp³-hybridized carbons (Fsp3) is 0.389. The maximum atomic E-state index is 12.7. The van der Waals surface area contributed by atoms with Crippen molar-refractivity contribution in [3.05, 3.63) is 40.6 Å². The van der Waals surface area contributed by atoms with Gasteiger partial charge in [-0.05, 0) is 42.8 Å². The second-order valence-corrected chi connectivity index (χ2v) is 6.76. The monoisotopic (exact) mass is 346 g/mol. The molecule has 3 rings (SSSR count). The van der Waals surface area contributed by atoms with Crippen LogP contribution in [0.1, 0.15) is 17.7 Å². The summed E-state index contributed by atoms with van der Waals surface area (Å²) in [5.41, 5.74) is 0.628. The fourth-order valence-corrected chi connectivity index (χ4v) is 3.39. The van der Waals surface area contributed by atoms with Crippen LogP contribution in [0.3, 0.4) is 0 Å². The van der Waals surface area contributed by atoms with E-state index in [-0.39, 0.29) is 6.03 Å². The molecule has 0 spiro atoms. The minimum atomic E-state index is -0.0828. The number of ether oxygens (including phenoxy) is 2. The van der Waals surface area contributed by atoms with Crippen molar-refractivity contribution in [3.63, 3.8) is 0 Å². The molecule has 2 aromatic rings. The van der Waals surface area contributed by atoms with Gasteiger partial charge < -0.3 is 19.7 Å². The van der Waals surface area contributed by atoms with E-state index in [0.717, 1.165) is 25.8 Å². The van der Waals surface area contributed by atoms with E-state index in [9.17, 15) is 4.79 Å². The Morgan fingerprint density at radius 2 is 2.08 bits per heavy atom. The van der Waals surface area contributed by atoms with Gasteiger partial charge in [0, 0.05) is 17.5 Å². The summed E-state index contributed by atoms with van der Waals surface area (Å²) in [6, 6.07) is 9.89. The predicted octanol–water partition coefficient (Wildman–Crippen LogP) is 4.00. The van der Waals surface area contributed by atoms with Gasteiger partial charge in [0.05, 0.1) is 19.9 Å². The third-order valence-electron chi connectivity index (χ3n) is 4.07. The molecule has 1 saturated carbocycles. The highest BCUT2D eigenvalue weighted by Gasteiger charge is 2.32. The Morgan fingerprint density at radius 1 is 1.25 bits per heavy atom. The van der Waals surface area contributed by atoms with Crippen molar-refractivity contribution in [2.24, 2.45) is 0 Å². The average molecular weight is 346 g/mol. The van der Waals surface area contributed by atoms with Crippen molar-refractivity contribution in [2.75, 3.05) is 26.1 Å². The van der Waals surface area contributed by atoms with Crippen LogP contribution in [0.5, 0.6) is 11.5 Å². The van der Waals surface area contributed by atoms with Gasteiger partial charge >= 0.3 is 6.03 Å². The van der Waals surface area contributed by atoms with Crippen LogP contribution < -0.4 is 14.8 Å². The molecule has 1 N–H and O–H groups in total. The zero-order chi connectivity index (χ0) is 16.9. The summed E-state index contributed by atoms with van der Waals surface area (Å²) in [6.07, 6.45) is 3.04. The fourth-order valence-electron chi connectivity index (χ4n) is 2.69. The number of carbonyl (C=O) groups is 1. The van der Waals surface area contributed by atoms with Gasteiger partial charge in [0.25, 0.3) is 0 Å². The van der Waals surface area contributed by atoms with Gasteiger partial charge in [0.15, 0.2) is 11.5 Å². The number of hydrogen-bond donors (Lipinski definition) is 1. The number of para-hydroxylation sites is 1. The maximum Gasteiger partial charge on any atom is 0.322 e. The first-order valence-electron chi connectivity index (χ1n) is 8.04. The van der Waals surface area contributed by atoms with E-state index >= 15 is 0 Å².